The van der Waals surface area contributed by atoms with Gasteiger partial charge < -0.3 is 10.6 Å². The Morgan fingerprint density at radius 2 is 2.35 bits per heavy atom. The molecule has 0 saturated heterocycles. The van der Waals surface area contributed by atoms with Crippen molar-refractivity contribution in [1.29, 1.82) is 0 Å². The Morgan fingerprint density at radius 3 is 2.95 bits per heavy atom. The summed E-state index contributed by atoms with van der Waals surface area (Å²) in [5, 5.41) is 12.9. The van der Waals surface area contributed by atoms with Crippen LogP contribution < -0.4 is 10.6 Å². The van der Waals surface area contributed by atoms with Crippen molar-refractivity contribution in [2.45, 2.75) is 19.4 Å². The standard InChI is InChI=1S/C14H21N5S/c1-11(13-5-4-6-20-13)7-16-14(15-2)17-8-12-9-18-19(3)10-12/h4-6,9-11H,7-8H2,1-3H3,(H2,15,16,17). The van der Waals surface area contributed by atoms with Gasteiger partial charge in [-0.25, -0.2) is 0 Å². The van der Waals surface area contributed by atoms with Crippen LogP contribution in [0.5, 0.6) is 0 Å². The lowest BCUT2D eigenvalue weighted by molar-refractivity contribution is 0.708. The largest absolute Gasteiger partial charge is 0.356 e. The molecule has 108 valence electrons. The predicted molar refractivity (Wildman–Crippen MR) is 84.1 cm³/mol. The van der Waals surface area contributed by atoms with Crippen molar-refractivity contribution in [2.75, 3.05) is 13.6 Å². The van der Waals surface area contributed by atoms with Crippen LogP contribution in [0.4, 0.5) is 0 Å². The highest BCUT2D eigenvalue weighted by Gasteiger charge is 2.07. The van der Waals surface area contributed by atoms with Crippen LogP contribution >= 0.6 is 11.3 Å². The van der Waals surface area contributed by atoms with E-state index >= 15 is 0 Å². The number of aromatic nitrogens is 2. The highest BCUT2D eigenvalue weighted by molar-refractivity contribution is 7.10. The summed E-state index contributed by atoms with van der Waals surface area (Å²) in [4.78, 5) is 5.62. The molecule has 1 atom stereocenters. The van der Waals surface area contributed by atoms with Gasteiger partial charge in [0.1, 0.15) is 0 Å². The lowest BCUT2D eigenvalue weighted by Crippen LogP contribution is -2.38. The molecule has 0 radical (unpaired) electrons. The summed E-state index contributed by atoms with van der Waals surface area (Å²) in [7, 11) is 3.70. The van der Waals surface area contributed by atoms with Crippen LogP contribution in [-0.2, 0) is 13.6 Å². The van der Waals surface area contributed by atoms with E-state index < -0.39 is 0 Å². The van der Waals surface area contributed by atoms with Crippen LogP contribution in [-0.4, -0.2) is 29.3 Å². The van der Waals surface area contributed by atoms with Crippen LogP contribution in [0.3, 0.4) is 0 Å². The zero-order chi connectivity index (χ0) is 14.4. The second-order valence-electron chi connectivity index (χ2n) is 4.75. The predicted octanol–water partition coefficient (Wildman–Crippen LogP) is 1.95. The van der Waals surface area contributed by atoms with Crippen LogP contribution in [0, 0.1) is 0 Å². The molecule has 5 nitrogen and oxygen atoms in total. The molecule has 1 unspecified atom stereocenters. The number of guanidine groups is 1. The fraction of sp³-hybridized carbons (Fsp3) is 0.429. The van der Waals surface area contributed by atoms with Crippen molar-refractivity contribution in [3.63, 3.8) is 0 Å². The van der Waals surface area contributed by atoms with Gasteiger partial charge >= 0.3 is 0 Å². The van der Waals surface area contributed by atoms with Gasteiger partial charge in [-0.2, -0.15) is 5.10 Å². The molecule has 0 saturated carbocycles. The van der Waals surface area contributed by atoms with Crippen molar-refractivity contribution >= 4 is 17.3 Å². The molecule has 20 heavy (non-hydrogen) atoms. The first-order chi connectivity index (χ1) is 9.69. The van der Waals surface area contributed by atoms with E-state index in [-0.39, 0.29) is 0 Å². The monoisotopic (exact) mass is 291 g/mol. The Labute approximate surface area is 123 Å². The van der Waals surface area contributed by atoms with E-state index in [0.717, 1.165) is 24.6 Å². The summed E-state index contributed by atoms with van der Waals surface area (Å²) in [5.41, 5.74) is 1.14. The van der Waals surface area contributed by atoms with E-state index in [1.54, 1.807) is 23.1 Å². The number of thiophene rings is 1. The van der Waals surface area contributed by atoms with Crippen LogP contribution in [0.25, 0.3) is 0 Å². The zero-order valence-corrected chi connectivity index (χ0v) is 12.9. The molecule has 0 bridgehead atoms. The number of hydrogen-bond donors (Lipinski definition) is 2. The molecular weight excluding hydrogens is 270 g/mol. The number of nitrogens with zero attached hydrogens (tertiary/aromatic N) is 3. The first-order valence-corrected chi connectivity index (χ1v) is 7.52. The minimum Gasteiger partial charge on any atom is -0.356 e. The summed E-state index contributed by atoms with van der Waals surface area (Å²) in [6.07, 6.45) is 3.85. The van der Waals surface area contributed by atoms with Crippen molar-refractivity contribution in [2.24, 2.45) is 12.0 Å². The van der Waals surface area contributed by atoms with Gasteiger partial charge in [0.2, 0.25) is 0 Å². The van der Waals surface area contributed by atoms with Crippen molar-refractivity contribution in [1.82, 2.24) is 20.4 Å². The first kappa shape index (κ1) is 14.6. The highest BCUT2D eigenvalue weighted by atomic mass is 32.1. The Hall–Kier alpha value is -1.82. The quantitative estimate of drug-likeness (QED) is 0.654. The SMILES string of the molecule is CN=C(NCc1cnn(C)c1)NCC(C)c1cccs1. The molecule has 0 aliphatic carbocycles. The average molecular weight is 291 g/mol. The summed E-state index contributed by atoms with van der Waals surface area (Å²) in [5.74, 6) is 1.30. The fourth-order valence-electron chi connectivity index (χ4n) is 1.89. The van der Waals surface area contributed by atoms with E-state index in [0.29, 0.717) is 5.92 Å². The van der Waals surface area contributed by atoms with E-state index in [1.807, 2.05) is 19.4 Å². The van der Waals surface area contributed by atoms with Gasteiger partial charge in [-0.3, -0.25) is 9.67 Å². The normalized spacial score (nSPS) is 13.2. The average Bonchev–Trinajstić information content (AvgIpc) is 3.10. The van der Waals surface area contributed by atoms with Gasteiger partial charge in [0.05, 0.1) is 6.20 Å². The molecule has 2 heterocycles. The highest BCUT2D eigenvalue weighted by Crippen LogP contribution is 2.19. The van der Waals surface area contributed by atoms with Gasteiger partial charge in [-0.15, -0.1) is 11.3 Å². The molecule has 2 aromatic rings. The second kappa shape index (κ2) is 7.09. The van der Waals surface area contributed by atoms with Gasteiger partial charge in [0.25, 0.3) is 0 Å². The summed E-state index contributed by atoms with van der Waals surface area (Å²) < 4.78 is 1.80. The maximum absolute atomic E-state index is 4.23. The van der Waals surface area contributed by atoms with Crippen LogP contribution in [0.1, 0.15) is 23.3 Å². The van der Waals surface area contributed by atoms with E-state index in [4.69, 9.17) is 0 Å². The van der Waals surface area contributed by atoms with Gasteiger partial charge in [0.15, 0.2) is 5.96 Å². The lowest BCUT2D eigenvalue weighted by atomic mass is 10.1. The third kappa shape index (κ3) is 4.09. The van der Waals surface area contributed by atoms with E-state index in [2.05, 4.69) is 45.2 Å². The summed E-state index contributed by atoms with van der Waals surface area (Å²) >= 11 is 1.79. The topological polar surface area (TPSA) is 54.2 Å². The molecule has 0 amide bonds. The molecule has 2 N–H and O–H groups in total. The van der Waals surface area contributed by atoms with E-state index in [9.17, 15) is 0 Å². The lowest BCUT2D eigenvalue weighted by Gasteiger charge is -2.14. The number of hydrogen-bond acceptors (Lipinski definition) is 3. The van der Waals surface area contributed by atoms with Crippen molar-refractivity contribution < 1.29 is 0 Å². The van der Waals surface area contributed by atoms with Crippen molar-refractivity contribution in [3.05, 3.63) is 40.3 Å². The minimum atomic E-state index is 0.479. The minimum absolute atomic E-state index is 0.479. The Kier molecular flexibility index (Phi) is 5.17. The van der Waals surface area contributed by atoms with Crippen molar-refractivity contribution in [3.8, 4) is 0 Å². The number of nitrogens with one attached hydrogen (secondary N) is 2. The Bertz CT molecular complexity index is 544. The molecule has 0 aliphatic heterocycles. The third-order valence-corrected chi connectivity index (χ3v) is 4.15. The molecule has 0 spiro atoms. The van der Waals surface area contributed by atoms with Crippen LogP contribution in [0.2, 0.25) is 0 Å². The number of aryl methyl sites for hydroxylation is 1. The summed E-state index contributed by atoms with van der Waals surface area (Å²) in [6.45, 7) is 3.81. The van der Waals surface area contributed by atoms with Crippen LogP contribution in [0.15, 0.2) is 34.9 Å². The first-order valence-electron chi connectivity index (χ1n) is 6.64. The smallest absolute Gasteiger partial charge is 0.191 e. The fourth-order valence-corrected chi connectivity index (χ4v) is 2.68. The second-order valence-corrected chi connectivity index (χ2v) is 5.72. The zero-order valence-electron chi connectivity index (χ0n) is 12.1. The Balaban J connectivity index is 1.78. The molecule has 6 heteroatoms. The molecule has 2 aromatic heterocycles. The van der Waals surface area contributed by atoms with Gasteiger partial charge in [0, 0.05) is 49.7 Å². The summed E-state index contributed by atoms with van der Waals surface area (Å²) in [6, 6.07) is 4.26. The number of aliphatic imine (C=N–C) groups is 1. The number of rotatable bonds is 5. The van der Waals surface area contributed by atoms with Gasteiger partial charge in [-0.1, -0.05) is 13.0 Å². The molecule has 0 fully saturated rings. The van der Waals surface area contributed by atoms with E-state index in [1.165, 1.54) is 4.88 Å². The molecule has 0 aromatic carbocycles. The molecular formula is C14H21N5S. The Morgan fingerprint density at radius 1 is 1.50 bits per heavy atom. The maximum atomic E-state index is 4.23. The molecule has 0 aliphatic rings. The molecule has 2 rings (SSSR count). The third-order valence-electron chi connectivity index (χ3n) is 3.05. The van der Waals surface area contributed by atoms with Gasteiger partial charge in [-0.05, 0) is 11.4 Å². The maximum Gasteiger partial charge on any atom is 0.191 e.